The van der Waals surface area contributed by atoms with E-state index in [9.17, 15) is 18.5 Å². The van der Waals surface area contributed by atoms with Gasteiger partial charge in [0.1, 0.15) is 4.90 Å². The van der Waals surface area contributed by atoms with E-state index < -0.39 is 14.9 Å². The van der Waals surface area contributed by atoms with Crippen LogP contribution in [0.3, 0.4) is 0 Å². The van der Waals surface area contributed by atoms with Crippen molar-refractivity contribution in [1.29, 1.82) is 0 Å². The first-order chi connectivity index (χ1) is 11.9. The van der Waals surface area contributed by atoms with Crippen LogP contribution in [0.15, 0.2) is 35.4 Å². The zero-order valence-electron chi connectivity index (χ0n) is 13.8. The van der Waals surface area contributed by atoms with Crippen LogP contribution in [0.5, 0.6) is 0 Å². The van der Waals surface area contributed by atoms with E-state index in [2.05, 4.69) is 4.98 Å². The van der Waals surface area contributed by atoms with Gasteiger partial charge in [-0.25, -0.2) is 8.42 Å². The Hall–Kier alpha value is -1.81. The van der Waals surface area contributed by atoms with Gasteiger partial charge in [0.05, 0.1) is 15.8 Å². The molecule has 2 N–H and O–H groups in total. The van der Waals surface area contributed by atoms with Gasteiger partial charge in [-0.2, -0.15) is 4.31 Å². The van der Waals surface area contributed by atoms with Crippen LogP contribution in [0, 0.1) is 22.0 Å². The molecule has 26 heavy (non-hydrogen) atoms. The molecule has 10 heteroatoms. The fraction of sp³-hybridized carbons (Fsp3) is 0.438. The lowest BCUT2D eigenvalue weighted by Crippen LogP contribution is -2.33. The van der Waals surface area contributed by atoms with Crippen LogP contribution in [-0.2, 0) is 10.0 Å². The van der Waals surface area contributed by atoms with E-state index in [0.717, 1.165) is 12.8 Å². The molecule has 0 bridgehead atoms. The summed E-state index contributed by atoms with van der Waals surface area (Å²) in [7, 11) is -3.78. The highest BCUT2D eigenvalue weighted by Gasteiger charge is 2.45. The van der Waals surface area contributed by atoms with Crippen LogP contribution >= 0.6 is 12.4 Å². The Morgan fingerprint density at radius 3 is 2.69 bits per heavy atom. The lowest BCUT2D eigenvalue weighted by molar-refractivity contribution is -0.383. The number of aromatic nitrogens is 1. The second-order valence-corrected chi connectivity index (χ2v) is 8.63. The van der Waals surface area contributed by atoms with Gasteiger partial charge in [-0.3, -0.25) is 15.1 Å². The average molecular weight is 399 g/mol. The van der Waals surface area contributed by atoms with Crippen LogP contribution < -0.4 is 5.73 Å². The molecule has 1 saturated heterocycles. The molecule has 1 aromatic carbocycles. The zero-order valence-corrected chi connectivity index (χ0v) is 15.4. The third-order valence-electron chi connectivity index (χ3n) is 5.40. The fourth-order valence-electron chi connectivity index (χ4n) is 4.10. The van der Waals surface area contributed by atoms with E-state index in [0.29, 0.717) is 19.0 Å². The SMILES string of the molecule is Cl.NC1CCC2CN(S(=O)(=O)c3ccc([N+](=O)[O-])c4cccnc34)CC12. The first kappa shape index (κ1) is 19.0. The van der Waals surface area contributed by atoms with Crippen molar-refractivity contribution in [2.75, 3.05) is 13.1 Å². The number of fused-ring (bicyclic) bond motifs is 2. The summed E-state index contributed by atoms with van der Waals surface area (Å²) in [5.41, 5.74) is 6.09. The number of halogens is 1. The van der Waals surface area contributed by atoms with Crippen molar-refractivity contribution in [3.8, 4) is 0 Å². The maximum atomic E-state index is 13.1. The maximum Gasteiger partial charge on any atom is 0.278 e. The van der Waals surface area contributed by atoms with Crippen LogP contribution in [0.4, 0.5) is 5.69 Å². The number of rotatable bonds is 3. The number of sulfonamides is 1. The van der Waals surface area contributed by atoms with Crippen molar-refractivity contribution in [2.45, 2.75) is 23.8 Å². The summed E-state index contributed by atoms with van der Waals surface area (Å²) in [6.45, 7) is 0.853. The molecule has 2 aliphatic rings. The lowest BCUT2D eigenvalue weighted by atomic mass is 9.98. The van der Waals surface area contributed by atoms with Crippen molar-refractivity contribution < 1.29 is 13.3 Å². The van der Waals surface area contributed by atoms with Gasteiger partial charge in [-0.1, -0.05) is 0 Å². The number of hydrogen-bond donors (Lipinski definition) is 1. The van der Waals surface area contributed by atoms with Crippen LogP contribution in [0.1, 0.15) is 12.8 Å². The van der Waals surface area contributed by atoms with Crippen LogP contribution in [0.25, 0.3) is 10.9 Å². The summed E-state index contributed by atoms with van der Waals surface area (Å²) in [6.07, 6.45) is 3.32. The lowest BCUT2D eigenvalue weighted by Gasteiger charge is -2.19. The maximum absolute atomic E-state index is 13.1. The molecule has 2 aromatic rings. The number of pyridine rings is 1. The Labute approximate surface area is 157 Å². The largest absolute Gasteiger partial charge is 0.327 e. The highest BCUT2D eigenvalue weighted by molar-refractivity contribution is 7.89. The van der Waals surface area contributed by atoms with Gasteiger partial charge >= 0.3 is 0 Å². The Kier molecular flexibility index (Phi) is 4.91. The summed E-state index contributed by atoms with van der Waals surface area (Å²) in [5, 5.41) is 11.4. The van der Waals surface area contributed by atoms with Gasteiger partial charge in [0.15, 0.2) is 0 Å². The monoisotopic (exact) mass is 398 g/mol. The molecule has 0 spiro atoms. The highest BCUT2D eigenvalue weighted by atomic mass is 35.5. The third kappa shape index (κ3) is 2.84. The van der Waals surface area contributed by atoms with E-state index >= 15 is 0 Å². The molecule has 4 rings (SSSR count). The fourth-order valence-corrected chi connectivity index (χ4v) is 5.78. The summed E-state index contributed by atoms with van der Waals surface area (Å²) in [5.74, 6) is 0.481. The standard InChI is InChI=1S/C16H18N4O4S.ClH/c17-13-4-3-10-8-19(9-12(10)13)25(23,24)15-6-5-14(20(21)22)11-2-1-7-18-16(11)15;/h1-2,5-7,10,12-13H,3-4,8-9,17H2;1H. The smallest absolute Gasteiger partial charge is 0.278 e. The Morgan fingerprint density at radius 2 is 2.00 bits per heavy atom. The van der Waals surface area contributed by atoms with Crippen molar-refractivity contribution in [1.82, 2.24) is 9.29 Å². The predicted octanol–water partition coefficient (Wildman–Crippen LogP) is 1.92. The molecule has 3 atom stereocenters. The van der Waals surface area contributed by atoms with Gasteiger partial charge in [0, 0.05) is 31.4 Å². The number of nitrogens with two attached hydrogens (primary N) is 1. The molecule has 2 heterocycles. The molecule has 140 valence electrons. The van der Waals surface area contributed by atoms with Gasteiger partial charge in [-0.05, 0) is 42.9 Å². The highest BCUT2D eigenvalue weighted by Crippen LogP contribution is 2.40. The van der Waals surface area contributed by atoms with E-state index in [1.165, 1.54) is 28.7 Å². The molecule has 0 amide bonds. The predicted molar refractivity (Wildman–Crippen MR) is 98.6 cm³/mol. The summed E-state index contributed by atoms with van der Waals surface area (Å²) in [4.78, 5) is 14.8. The van der Waals surface area contributed by atoms with Gasteiger partial charge in [0.25, 0.3) is 5.69 Å². The molecule has 1 saturated carbocycles. The zero-order chi connectivity index (χ0) is 17.8. The number of nitro benzene ring substituents is 1. The molecule has 0 radical (unpaired) electrons. The quantitative estimate of drug-likeness (QED) is 0.623. The number of hydrogen-bond acceptors (Lipinski definition) is 6. The van der Waals surface area contributed by atoms with E-state index in [1.807, 2.05) is 0 Å². The van der Waals surface area contributed by atoms with Crippen LogP contribution in [-0.4, -0.2) is 41.8 Å². The minimum atomic E-state index is -3.78. The molecule has 8 nitrogen and oxygen atoms in total. The van der Waals surface area contributed by atoms with E-state index in [4.69, 9.17) is 5.73 Å². The summed E-state index contributed by atoms with van der Waals surface area (Å²) < 4.78 is 27.7. The Bertz CT molecular complexity index is 968. The average Bonchev–Trinajstić information content (AvgIpc) is 3.16. The Balaban J connectivity index is 0.00000196. The Morgan fingerprint density at radius 1 is 1.23 bits per heavy atom. The van der Waals surface area contributed by atoms with Gasteiger partial charge in [0.2, 0.25) is 10.0 Å². The second kappa shape index (κ2) is 6.73. The van der Waals surface area contributed by atoms with Crippen molar-refractivity contribution >= 4 is 39.0 Å². The molecule has 2 fully saturated rings. The summed E-state index contributed by atoms with van der Waals surface area (Å²) in [6, 6.07) is 5.65. The molecular weight excluding hydrogens is 380 g/mol. The van der Waals surface area contributed by atoms with Crippen molar-refractivity contribution in [3.63, 3.8) is 0 Å². The number of nitrogens with zero attached hydrogens (tertiary/aromatic N) is 3. The number of non-ortho nitro benzene ring substituents is 1. The molecule has 3 unspecified atom stereocenters. The normalized spacial score (nSPS) is 25.8. The summed E-state index contributed by atoms with van der Waals surface area (Å²) >= 11 is 0. The molecular formula is C16H19ClN4O4S. The van der Waals surface area contributed by atoms with Crippen molar-refractivity contribution in [3.05, 3.63) is 40.6 Å². The second-order valence-electron chi connectivity index (χ2n) is 6.73. The topological polar surface area (TPSA) is 119 Å². The van der Waals surface area contributed by atoms with Crippen molar-refractivity contribution in [2.24, 2.45) is 17.6 Å². The van der Waals surface area contributed by atoms with Crippen LogP contribution in [0.2, 0.25) is 0 Å². The third-order valence-corrected chi connectivity index (χ3v) is 7.27. The number of nitro groups is 1. The van der Waals surface area contributed by atoms with Gasteiger partial charge in [-0.15, -0.1) is 12.4 Å². The minimum Gasteiger partial charge on any atom is -0.327 e. The molecule has 1 aliphatic heterocycles. The van der Waals surface area contributed by atoms with E-state index in [-0.39, 0.29) is 45.9 Å². The number of benzene rings is 1. The van der Waals surface area contributed by atoms with E-state index in [1.54, 1.807) is 6.07 Å². The molecule has 1 aromatic heterocycles. The first-order valence-electron chi connectivity index (χ1n) is 8.17. The minimum absolute atomic E-state index is 0. The molecule has 1 aliphatic carbocycles. The first-order valence-corrected chi connectivity index (χ1v) is 9.61. The van der Waals surface area contributed by atoms with Gasteiger partial charge < -0.3 is 5.73 Å².